The van der Waals surface area contributed by atoms with Gasteiger partial charge in [-0.25, -0.2) is 4.98 Å². The van der Waals surface area contributed by atoms with Gasteiger partial charge in [0.1, 0.15) is 5.82 Å². The Kier molecular flexibility index (Phi) is 5.76. The maximum atomic E-state index is 12.9. The summed E-state index contributed by atoms with van der Waals surface area (Å²) in [6.45, 7) is 2.00. The summed E-state index contributed by atoms with van der Waals surface area (Å²) in [6, 6.07) is 5.48. The molecule has 132 valence electrons. The fourth-order valence-corrected chi connectivity index (χ4v) is 3.54. The van der Waals surface area contributed by atoms with Gasteiger partial charge in [-0.1, -0.05) is 35.3 Å². The minimum atomic E-state index is -0.0567. The molecule has 5 nitrogen and oxygen atoms in total. The molecule has 0 aliphatic carbocycles. The van der Waals surface area contributed by atoms with Crippen molar-refractivity contribution in [2.45, 2.75) is 19.4 Å². The van der Waals surface area contributed by atoms with E-state index in [9.17, 15) is 4.79 Å². The lowest BCUT2D eigenvalue weighted by Gasteiger charge is -2.34. The number of amides is 1. The van der Waals surface area contributed by atoms with Crippen LogP contribution in [0.4, 0.5) is 5.82 Å². The first-order valence-corrected chi connectivity index (χ1v) is 9.00. The Bertz CT molecular complexity index is 741. The van der Waals surface area contributed by atoms with Crippen LogP contribution in [0.25, 0.3) is 0 Å². The van der Waals surface area contributed by atoms with E-state index in [0.717, 1.165) is 30.8 Å². The number of carbonyl (C=O) groups excluding carboxylic acids is 1. The maximum absolute atomic E-state index is 12.9. The largest absolute Gasteiger partial charge is 0.355 e. The van der Waals surface area contributed by atoms with Gasteiger partial charge >= 0.3 is 0 Å². The van der Waals surface area contributed by atoms with Gasteiger partial charge in [-0.15, -0.1) is 0 Å². The zero-order valence-corrected chi connectivity index (χ0v) is 15.5. The highest BCUT2D eigenvalue weighted by molar-refractivity contribution is 6.42. The number of nitrogens with zero attached hydrogens (tertiary/aromatic N) is 4. The average Bonchev–Trinajstić information content (AvgIpc) is 2.65. The second-order valence-electron chi connectivity index (χ2n) is 6.26. The topological polar surface area (TPSA) is 49.3 Å². The van der Waals surface area contributed by atoms with E-state index in [4.69, 9.17) is 23.2 Å². The van der Waals surface area contributed by atoms with Crippen LogP contribution in [-0.2, 0) is 11.3 Å². The van der Waals surface area contributed by atoms with Gasteiger partial charge in [-0.3, -0.25) is 9.78 Å². The lowest BCUT2D eigenvalue weighted by molar-refractivity contribution is -0.135. The Balaban J connectivity index is 1.66. The Labute approximate surface area is 157 Å². The van der Waals surface area contributed by atoms with Crippen molar-refractivity contribution in [3.8, 4) is 0 Å². The molecule has 1 aliphatic heterocycles. The molecule has 1 aromatic carbocycles. The van der Waals surface area contributed by atoms with E-state index in [1.807, 2.05) is 12.1 Å². The van der Waals surface area contributed by atoms with Crippen LogP contribution in [0.1, 0.15) is 18.4 Å². The van der Waals surface area contributed by atoms with Crippen molar-refractivity contribution in [3.63, 3.8) is 0 Å². The molecule has 1 unspecified atom stereocenters. The fraction of sp³-hybridized carbons (Fsp3) is 0.389. The Morgan fingerprint density at radius 2 is 2.20 bits per heavy atom. The molecule has 0 N–H and O–H groups in total. The summed E-state index contributed by atoms with van der Waals surface area (Å²) in [7, 11) is 1.81. The van der Waals surface area contributed by atoms with Gasteiger partial charge in [-0.05, 0) is 24.5 Å². The van der Waals surface area contributed by atoms with Crippen molar-refractivity contribution < 1.29 is 4.79 Å². The predicted octanol–water partition coefficient (Wildman–Crippen LogP) is 3.66. The zero-order chi connectivity index (χ0) is 17.8. The highest BCUT2D eigenvalue weighted by Crippen LogP contribution is 2.27. The molecule has 1 amide bonds. The first-order chi connectivity index (χ1) is 12.1. The first kappa shape index (κ1) is 18.0. The number of hydrogen-bond donors (Lipinski definition) is 0. The molecule has 7 heteroatoms. The number of anilines is 1. The molecule has 0 bridgehead atoms. The maximum Gasteiger partial charge on any atom is 0.227 e. The Morgan fingerprint density at radius 1 is 1.36 bits per heavy atom. The van der Waals surface area contributed by atoms with E-state index in [2.05, 4.69) is 14.9 Å². The van der Waals surface area contributed by atoms with Gasteiger partial charge in [0.15, 0.2) is 0 Å². The molecule has 1 atom stereocenters. The van der Waals surface area contributed by atoms with Crippen LogP contribution in [0.5, 0.6) is 0 Å². The van der Waals surface area contributed by atoms with Crippen LogP contribution in [0, 0.1) is 5.92 Å². The predicted molar refractivity (Wildman–Crippen MR) is 99.9 cm³/mol. The highest BCUT2D eigenvalue weighted by atomic mass is 35.5. The highest BCUT2D eigenvalue weighted by Gasteiger charge is 2.29. The minimum absolute atomic E-state index is 0.0567. The zero-order valence-electron chi connectivity index (χ0n) is 14.0. The van der Waals surface area contributed by atoms with Gasteiger partial charge in [-0.2, -0.15) is 0 Å². The summed E-state index contributed by atoms with van der Waals surface area (Å²) in [4.78, 5) is 25.2. The Morgan fingerprint density at radius 3 is 2.96 bits per heavy atom. The summed E-state index contributed by atoms with van der Waals surface area (Å²) < 4.78 is 0. The molecule has 1 saturated heterocycles. The third-order valence-electron chi connectivity index (χ3n) is 4.46. The molecule has 0 radical (unpaired) electrons. The van der Waals surface area contributed by atoms with E-state index in [1.54, 1.807) is 36.6 Å². The first-order valence-electron chi connectivity index (χ1n) is 8.25. The summed E-state index contributed by atoms with van der Waals surface area (Å²) in [5, 5.41) is 1.01. The molecule has 1 fully saturated rings. The molecule has 25 heavy (non-hydrogen) atoms. The van der Waals surface area contributed by atoms with Crippen molar-refractivity contribution in [3.05, 3.63) is 52.4 Å². The smallest absolute Gasteiger partial charge is 0.227 e. The molecule has 2 heterocycles. The van der Waals surface area contributed by atoms with E-state index < -0.39 is 0 Å². The van der Waals surface area contributed by atoms with Crippen LogP contribution in [0.15, 0.2) is 36.8 Å². The van der Waals surface area contributed by atoms with Gasteiger partial charge < -0.3 is 9.80 Å². The van der Waals surface area contributed by atoms with Crippen LogP contribution < -0.4 is 4.90 Å². The van der Waals surface area contributed by atoms with Crippen molar-refractivity contribution >= 4 is 34.9 Å². The second-order valence-corrected chi connectivity index (χ2v) is 7.04. The minimum Gasteiger partial charge on any atom is -0.355 e. The van der Waals surface area contributed by atoms with Crippen LogP contribution in [-0.4, -0.2) is 40.9 Å². The van der Waals surface area contributed by atoms with Crippen molar-refractivity contribution in [1.82, 2.24) is 14.9 Å². The molecule has 3 rings (SSSR count). The van der Waals surface area contributed by atoms with Gasteiger partial charge in [0.25, 0.3) is 0 Å². The summed E-state index contributed by atoms with van der Waals surface area (Å²) in [6.07, 6.45) is 6.90. The number of benzene rings is 1. The summed E-state index contributed by atoms with van der Waals surface area (Å²) in [5.74, 6) is 0.879. The number of aromatic nitrogens is 2. The standard InChI is InChI=1S/C18H20Cl2N4O/c1-23(11-13-4-2-6-15(19)17(13)20)18(25)14-5-3-9-24(12-14)16-10-21-7-8-22-16/h2,4,6-8,10,14H,3,5,9,11-12H2,1H3. The normalized spacial score (nSPS) is 17.4. The molecule has 1 aromatic heterocycles. The van der Waals surface area contributed by atoms with Crippen LogP contribution in [0.3, 0.4) is 0 Å². The summed E-state index contributed by atoms with van der Waals surface area (Å²) >= 11 is 12.3. The quantitative estimate of drug-likeness (QED) is 0.814. The average molecular weight is 379 g/mol. The van der Waals surface area contributed by atoms with Crippen LogP contribution >= 0.6 is 23.2 Å². The lowest BCUT2D eigenvalue weighted by Crippen LogP contribution is -2.43. The van der Waals surface area contributed by atoms with E-state index >= 15 is 0 Å². The molecule has 0 spiro atoms. The molecular weight excluding hydrogens is 359 g/mol. The van der Waals surface area contributed by atoms with Crippen molar-refractivity contribution in [2.24, 2.45) is 5.92 Å². The summed E-state index contributed by atoms with van der Waals surface area (Å²) in [5.41, 5.74) is 0.853. The van der Waals surface area contributed by atoms with Crippen molar-refractivity contribution in [1.29, 1.82) is 0 Å². The van der Waals surface area contributed by atoms with Gasteiger partial charge in [0.2, 0.25) is 5.91 Å². The number of carbonyl (C=O) groups is 1. The molecule has 0 saturated carbocycles. The lowest BCUT2D eigenvalue weighted by atomic mass is 9.96. The van der Waals surface area contributed by atoms with E-state index in [0.29, 0.717) is 23.1 Å². The molecule has 1 aliphatic rings. The number of hydrogen-bond acceptors (Lipinski definition) is 4. The fourth-order valence-electron chi connectivity index (χ4n) is 3.16. The monoisotopic (exact) mass is 378 g/mol. The van der Waals surface area contributed by atoms with Crippen molar-refractivity contribution in [2.75, 3.05) is 25.0 Å². The third-order valence-corrected chi connectivity index (χ3v) is 5.32. The molecular formula is C18H20Cl2N4O. The number of halogens is 2. The van der Waals surface area contributed by atoms with Gasteiger partial charge in [0.05, 0.1) is 22.2 Å². The van der Waals surface area contributed by atoms with E-state index in [-0.39, 0.29) is 11.8 Å². The number of rotatable bonds is 4. The SMILES string of the molecule is CN(Cc1cccc(Cl)c1Cl)C(=O)C1CCCN(c2cnccn2)C1. The van der Waals surface area contributed by atoms with Crippen LogP contribution in [0.2, 0.25) is 10.0 Å². The second kappa shape index (κ2) is 8.02. The number of piperidine rings is 1. The van der Waals surface area contributed by atoms with E-state index in [1.165, 1.54) is 0 Å². The third kappa shape index (κ3) is 4.22. The van der Waals surface area contributed by atoms with Gasteiger partial charge in [0, 0.05) is 39.1 Å². The molecule has 2 aromatic rings. The Hall–Kier alpha value is -1.85.